The lowest BCUT2D eigenvalue weighted by Gasteiger charge is -2.36. The molecule has 1 saturated heterocycles. The zero-order valence-corrected chi connectivity index (χ0v) is 24.0. The lowest BCUT2D eigenvalue weighted by Crippen LogP contribution is -2.50. The second kappa shape index (κ2) is 10.7. The van der Waals surface area contributed by atoms with E-state index in [-0.39, 0.29) is 11.8 Å². The molecule has 3 aromatic rings. The number of nitrogens with zero attached hydrogens (tertiary/aromatic N) is 6. The molecule has 3 aliphatic rings. The summed E-state index contributed by atoms with van der Waals surface area (Å²) in [6.07, 6.45) is 3.45. The van der Waals surface area contributed by atoms with Crippen molar-refractivity contribution in [2.75, 3.05) is 54.4 Å². The molecule has 3 aliphatic heterocycles. The molecule has 9 nitrogen and oxygen atoms in total. The van der Waals surface area contributed by atoms with E-state index in [2.05, 4.69) is 20.1 Å². The number of piperazine rings is 1. The molecule has 0 spiro atoms. The summed E-state index contributed by atoms with van der Waals surface area (Å²) in [5.74, 6) is 1.48. The summed E-state index contributed by atoms with van der Waals surface area (Å²) in [6, 6.07) is 12.7. The van der Waals surface area contributed by atoms with Crippen LogP contribution in [0.1, 0.15) is 31.9 Å². The van der Waals surface area contributed by atoms with Crippen molar-refractivity contribution < 1.29 is 13.9 Å². The third kappa shape index (κ3) is 5.69. The number of carbonyl (C=O) groups excluding carboxylic acids is 1. The van der Waals surface area contributed by atoms with Gasteiger partial charge in [-0.15, -0.1) is 0 Å². The summed E-state index contributed by atoms with van der Waals surface area (Å²) in [7, 11) is 0. The zero-order valence-electron chi connectivity index (χ0n) is 23.2. The maximum atomic E-state index is 15.2. The Morgan fingerprint density at radius 2 is 1.80 bits per heavy atom. The first-order valence-corrected chi connectivity index (χ1v) is 14.0. The Labute approximate surface area is 243 Å². The van der Waals surface area contributed by atoms with Gasteiger partial charge in [-0.25, -0.2) is 14.2 Å². The van der Waals surface area contributed by atoms with Crippen LogP contribution in [0.4, 0.5) is 32.3 Å². The molecule has 11 heteroatoms. The number of aromatic nitrogens is 2. The fraction of sp³-hybridized carbons (Fsp3) is 0.333. The molecule has 0 bridgehead atoms. The molecule has 0 aliphatic carbocycles. The number of anilines is 4. The topological polar surface area (TPSA) is 86.2 Å². The number of rotatable bonds is 4. The lowest BCUT2D eigenvalue weighted by atomic mass is 9.99. The maximum Gasteiger partial charge on any atom is 0.410 e. The van der Waals surface area contributed by atoms with Crippen molar-refractivity contribution in [3.05, 3.63) is 70.6 Å². The number of hydrogen-bond acceptors (Lipinski definition) is 8. The molecule has 4 heterocycles. The first-order chi connectivity index (χ1) is 19.6. The van der Waals surface area contributed by atoms with Gasteiger partial charge in [-0.3, -0.25) is 4.99 Å². The molecule has 41 heavy (non-hydrogen) atoms. The van der Waals surface area contributed by atoms with Gasteiger partial charge in [-0.2, -0.15) is 4.98 Å². The summed E-state index contributed by atoms with van der Waals surface area (Å²) < 4.78 is 20.7. The molecule has 0 unspecified atom stereocenters. The normalized spacial score (nSPS) is 16.6. The van der Waals surface area contributed by atoms with Crippen LogP contribution in [0, 0.1) is 5.82 Å². The second-order valence-electron chi connectivity index (χ2n) is 11.1. The molecule has 212 valence electrons. The van der Waals surface area contributed by atoms with Crippen molar-refractivity contribution >= 4 is 58.3 Å². The van der Waals surface area contributed by atoms with Gasteiger partial charge in [0.15, 0.2) is 0 Å². The third-order valence-electron chi connectivity index (χ3n) is 7.08. The fourth-order valence-corrected chi connectivity index (χ4v) is 5.23. The summed E-state index contributed by atoms with van der Waals surface area (Å²) in [4.78, 5) is 32.1. The molecule has 1 N–H and O–H groups in total. The molecule has 2 aromatic carbocycles. The number of halogens is 2. The number of fused-ring (bicyclic) bond motifs is 3. The standard InChI is InChI=1S/C30H31ClFN7O2/c1-30(2,3)41-29(40)38-14-12-37(13-15-38)22-8-9-25(24(32)17-22)35-28-34-18-20-16-23(19-4-6-21(31)7-5-19)27-33-10-11-39(27)26(20)36-28/h4-9,16-18H,10-15H2,1-3H3,(H,34,35,36). The van der Waals surface area contributed by atoms with Gasteiger partial charge >= 0.3 is 6.09 Å². The van der Waals surface area contributed by atoms with Gasteiger partial charge in [0.1, 0.15) is 23.1 Å². The Balaban J connectivity index is 1.16. The number of aliphatic imine (C=N–C) groups is 1. The van der Waals surface area contributed by atoms with Crippen LogP contribution >= 0.6 is 11.6 Å². The Kier molecular flexibility index (Phi) is 7.03. The maximum absolute atomic E-state index is 15.2. The summed E-state index contributed by atoms with van der Waals surface area (Å²) >= 11 is 6.09. The van der Waals surface area contributed by atoms with E-state index >= 15 is 4.39 Å². The van der Waals surface area contributed by atoms with Gasteiger partial charge in [0.25, 0.3) is 0 Å². The quantitative estimate of drug-likeness (QED) is 0.418. The highest BCUT2D eigenvalue weighted by Crippen LogP contribution is 2.36. The number of carbonyl (C=O) groups is 1. The van der Waals surface area contributed by atoms with Gasteiger partial charge in [-0.1, -0.05) is 23.7 Å². The van der Waals surface area contributed by atoms with Crippen LogP contribution in [0.25, 0.3) is 11.6 Å². The molecule has 6 rings (SSSR count). The van der Waals surface area contributed by atoms with Crippen LogP contribution in [-0.4, -0.2) is 71.7 Å². The Hall–Kier alpha value is -4.18. The van der Waals surface area contributed by atoms with E-state index in [0.29, 0.717) is 50.2 Å². The zero-order chi connectivity index (χ0) is 28.7. The van der Waals surface area contributed by atoms with E-state index in [9.17, 15) is 4.79 Å². The van der Waals surface area contributed by atoms with Crippen molar-refractivity contribution in [2.24, 2.45) is 4.99 Å². The minimum Gasteiger partial charge on any atom is -0.444 e. The number of amidine groups is 1. The highest BCUT2D eigenvalue weighted by molar-refractivity contribution is 6.36. The SMILES string of the molecule is CC(C)(C)OC(=O)N1CCN(c2ccc(Nc3ncc4c(n3)N3CCN=C3C(c3ccc(Cl)cc3)=C4)c(F)c2)CC1. The summed E-state index contributed by atoms with van der Waals surface area (Å²) in [5, 5.41) is 3.71. The third-order valence-corrected chi connectivity index (χ3v) is 7.34. The molecule has 1 fully saturated rings. The molecular formula is C30H31ClFN7O2. The molecule has 0 atom stereocenters. The second-order valence-corrected chi connectivity index (χ2v) is 11.6. The molecule has 0 saturated carbocycles. The van der Waals surface area contributed by atoms with Crippen LogP contribution in [0.2, 0.25) is 5.02 Å². The van der Waals surface area contributed by atoms with Gasteiger partial charge in [0.2, 0.25) is 5.95 Å². The van der Waals surface area contributed by atoms with Crippen molar-refractivity contribution in [2.45, 2.75) is 26.4 Å². The van der Waals surface area contributed by atoms with Gasteiger partial charge in [-0.05, 0) is 62.7 Å². The van der Waals surface area contributed by atoms with E-state index in [1.807, 2.05) is 57.2 Å². The van der Waals surface area contributed by atoms with Crippen molar-refractivity contribution in [3.8, 4) is 0 Å². The van der Waals surface area contributed by atoms with Crippen LogP contribution in [0.3, 0.4) is 0 Å². The van der Waals surface area contributed by atoms with Crippen molar-refractivity contribution in [1.29, 1.82) is 0 Å². The molecule has 1 aromatic heterocycles. The predicted molar refractivity (Wildman–Crippen MR) is 161 cm³/mol. The molecule has 1 amide bonds. The smallest absolute Gasteiger partial charge is 0.410 e. The first kappa shape index (κ1) is 27.0. The van der Waals surface area contributed by atoms with Crippen LogP contribution in [0.5, 0.6) is 0 Å². The number of nitrogens with one attached hydrogen (secondary N) is 1. The Morgan fingerprint density at radius 3 is 2.51 bits per heavy atom. The minimum absolute atomic E-state index is 0.282. The highest BCUT2D eigenvalue weighted by atomic mass is 35.5. The monoisotopic (exact) mass is 575 g/mol. The van der Waals surface area contributed by atoms with E-state index in [4.69, 9.17) is 26.3 Å². The minimum atomic E-state index is -0.538. The number of benzene rings is 2. The lowest BCUT2D eigenvalue weighted by molar-refractivity contribution is 0.0240. The van der Waals surface area contributed by atoms with Gasteiger partial charge in [0.05, 0.1) is 12.2 Å². The van der Waals surface area contributed by atoms with Crippen LogP contribution in [0.15, 0.2) is 53.7 Å². The van der Waals surface area contributed by atoms with E-state index in [1.165, 1.54) is 6.07 Å². The average molecular weight is 576 g/mol. The number of hydrogen-bond donors (Lipinski definition) is 1. The van der Waals surface area contributed by atoms with E-state index in [1.54, 1.807) is 17.2 Å². The fourth-order valence-electron chi connectivity index (χ4n) is 5.10. The summed E-state index contributed by atoms with van der Waals surface area (Å²) in [6.45, 7) is 9.11. The van der Waals surface area contributed by atoms with Crippen LogP contribution in [-0.2, 0) is 4.74 Å². The Morgan fingerprint density at radius 1 is 1.05 bits per heavy atom. The Bertz CT molecular complexity index is 1540. The first-order valence-electron chi connectivity index (χ1n) is 13.6. The van der Waals surface area contributed by atoms with Crippen LogP contribution < -0.4 is 15.1 Å². The predicted octanol–water partition coefficient (Wildman–Crippen LogP) is 5.84. The molecular weight excluding hydrogens is 545 g/mol. The van der Waals surface area contributed by atoms with Gasteiger partial charge in [0, 0.05) is 60.8 Å². The van der Waals surface area contributed by atoms with Gasteiger partial charge < -0.3 is 24.8 Å². The molecule has 0 radical (unpaired) electrons. The average Bonchev–Trinajstić information content (AvgIpc) is 3.44. The van der Waals surface area contributed by atoms with Crippen molar-refractivity contribution in [3.63, 3.8) is 0 Å². The number of ether oxygens (including phenoxy) is 1. The van der Waals surface area contributed by atoms with E-state index in [0.717, 1.165) is 34.0 Å². The highest BCUT2D eigenvalue weighted by Gasteiger charge is 2.31. The number of amides is 1. The largest absolute Gasteiger partial charge is 0.444 e. The van der Waals surface area contributed by atoms with Crippen molar-refractivity contribution in [1.82, 2.24) is 14.9 Å². The van der Waals surface area contributed by atoms with E-state index < -0.39 is 11.4 Å². The summed E-state index contributed by atoms with van der Waals surface area (Å²) in [5.41, 5.74) is 3.36.